The van der Waals surface area contributed by atoms with Gasteiger partial charge in [-0.25, -0.2) is 0 Å². The highest BCUT2D eigenvalue weighted by Crippen LogP contribution is 2.26. The smallest absolute Gasteiger partial charge is 0.267 e. The summed E-state index contributed by atoms with van der Waals surface area (Å²) in [5.74, 6) is -0.135. The number of aromatic nitrogens is 1. The first-order valence-electron chi connectivity index (χ1n) is 7.07. The summed E-state index contributed by atoms with van der Waals surface area (Å²) in [7, 11) is 1.79. The number of nitrogens with one attached hydrogen (secondary N) is 2. The van der Waals surface area contributed by atoms with Crippen molar-refractivity contribution < 1.29 is 9.59 Å². The average Bonchev–Trinajstić information content (AvgIpc) is 2.79. The SMILES string of the molecule is CC(=O)c1cc(C(=O)NCC2(C)CCNCC2)n(C)c1. The molecule has 1 fully saturated rings. The molecule has 1 aromatic rings. The highest BCUT2D eigenvalue weighted by atomic mass is 16.2. The molecule has 110 valence electrons. The molecule has 1 amide bonds. The Hall–Kier alpha value is -1.62. The van der Waals surface area contributed by atoms with Gasteiger partial charge in [-0.05, 0) is 44.3 Å². The fourth-order valence-electron chi connectivity index (χ4n) is 2.57. The van der Waals surface area contributed by atoms with E-state index >= 15 is 0 Å². The van der Waals surface area contributed by atoms with Crippen molar-refractivity contribution in [1.29, 1.82) is 0 Å². The molecule has 1 saturated heterocycles. The number of amides is 1. The van der Waals surface area contributed by atoms with E-state index in [1.165, 1.54) is 6.92 Å². The second-order valence-corrected chi connectivity index (χ2v) is 6.02. The Labute approximate surface area is 119 Å². The third-order valence-electron chi connectivity index (χ3n) is 4.13. The van der Waals surface area contributed by atoms with Crippen LogP contribution >= 0.6 is 0 Å². The van der Waals surface area contributed by atoms with Gasteiger partial charge in [-0.15, -0.1) is 0 Å². The van der Waals surface area contributed by atoms with Crippen molar-refractivity contribution in [1.82, 2.24) is 15.2 Å². The number of hydrogen-bond acceptors (Lipinski definition) is 3. The van der Waals surface area contributed by atoms with E-state index in [0.717, 1.165) is 25.9 Å². The molecular weight excluding hydrogens is 254 g/mol. The monoisotopic (exact) mass is 277 g/mol. The van der Waals surface area contributed by atoms with Crippen LogP contribution in [0, 0.1) is 5.41 Å². The summed E-state index contributed by atoms with van der Waals surface area (Å²) in [6.07, 6.45) is 3.84. The van der Waals surface area contributed by atoms with E-state index in [0.29, 0.717) is 17.8 Å². The first kappa shape index (κ1) is 14.8. The second kappa shape index (κ2) is 5.79. The Morgan fingerprint density at radius 3 is 2.60 bits per heavy atom. The fourth-order valence-corrected chi connectivity index (χ4v) is 2.57. The van der Waals surface area contributed by atoms with E-state index in [4.69, 9.17) is 0 Å². The van der Waals surface area contributed by atoms with Gasteiger partial charge >= 0.3 is 0 Å². The van der Waals surface area contributed by atoms with Crippen LogP contribution in [-0.4, -0.2) is 35.9 Å². The predicted molar refractivity (Wildman–Crippen MR) is 78.0 cm³/mol. The topological polar surface area (TPSA) is 63.1 Å². The molecule has 1 aliphatic heterocycles. The van der Waals surface area contributed by atoms with Gasteiger partial charge in [0.15, 0.2) is 5.78 Å². The van der Waals surface area contributed by atoms with Crippen molar-refractivity contribution >= 4 is 11.7 Å². The van der Waals surface area contributed by atoms with Crippen LogP contribution in [0.25, 0.3) is 0 Å². The zero-order chi connectivity index (χ0) is 14.8. The Balaban J connectivity index is 1.99. The van der Waals surface area contributed by atoms with Gasteiger partial charge in [-0.3, -0.25) is 9.59 Å². The van der Waals surface area contributed by atoms with E-state index < -0.39 is 0 Å². The molecular formula is C15H23N3O2. The highest BCUT2D eigenvalue weighted by molar-refractivity contribution is 5.99. The molecule has 2 rings (SSSR count). The van der Waals surface area contributed by atoms with Crippen molar-refractivity contribution in [3.63, 3.8) is 0 Å². The molecule has 1 aliphatic rings. The van der Waals surface area contributed by atoms with Gasteiger partial charge in [0.05, 0.1) is 0 Å². The summed E-state index contributed by atoms with van der Waals surface area (Å²) in [6, 6.07) is 1.66. The molecule has 0 aromatic carbocycles. The molecule has 0 aliphatic carbocycles. The van der Waals surface area contributed by atoms with Gasteiger partial charge in [0.1, 0.15) is 5.69 Å². The van der Waals surface area contributed by atoms with Gasteiger partial charge in [0.25, 0.3) is 5.91 Å². The van der Waals surface area contributed by atoms with Gasteiger partial charge in [0, 0.05) is 25.4 Å². The largest absolute Gasteiger partial charge is 0.350 e. The number of hydrogen-bond donors (Lipinski definition) is 2. The highest BCUT2D eigenvalue weighted by Gasteiger charge is 2.27. The Bertz CT molecular complexity index is 513. The van der Waals surface area contributed by atoms with Crippen molar-refractivity contribution in [2.24, 2.45) is 12.5 Å². The van der Waals surface area contributed by atoms with Crippen LogP contribution in [0.2, 0.25) is 0 Å². The molecule has 0 unspecified atom stereocenters. The third kappa shape index (κ3) is 3.28. The maximum absolute atomic E-state index is 12.2. The van der Waals surface area contributed by atoms with Gasteiger partial charge in [-0.1, -0.05) is 6.92 Å². The molecule has 1 aromatic heterocycles. The van der Waals surface area contributed by atoms with Gasteiger partial charge in [0.2, 0.25) is 0 Å². The number of Topliss-reactive ketones (excluding diaryl/α,β-unsaturated/α-hetero) is 1. The van der Waals surface area contributed by atoms with Crippen LogP contribution in [0.5, 0.6) is 0 Å². The number of carbonyl (C=O) groups is 2. The lowest BCUT2D eigenvalue weighted by Gasteiger charge is -2.34. The molecule has 0 saturated carbocycles. The third-order valence-corrected chi connectivity index (χ3v) is 4.13. The number of rotatable bonds is 4. The zero-order valence-electron chi connectivity index (χ0n) is 12.5. The molecule has 5 heteroatoms. The Kier molecular flexibility index (Phi) is 4.28. The van der Waals surface area contributed by atoms with Gasteiger partial charge < -0.3 is 15.2 Å². The lowest BCUT2D eigenvalue weighted by molar-refractivity contribution is 0.0914. The fraction of sp³-hybridized carbons (Fsp3) is 0.600. The lowest BCUT2D eigenvalue weighted by atomic mass is 9.81. The molecule has 2 heterocycles. The minimum atomic E-state index is -0.111. The van der Waals surface area contributed by atoms with Crippen LogP contribution < -0.4 is 10.6 Å². The summed E-state index contributed by atoms with van der Waals surface area (Å²) < 4.78 is 1.71. The van der Waals surface area contributed by atoms with E-state index in [2.05, 4.69) is 17.6 Å². The van der Waals surface area contributed by atoms with Crippen LogP contribution in [0.15, 0.2) is 12.3 Å². The summed E-state index contributed by atoms with van der Waals surface area (Å²) in [5, 5.41) is 6.33. The van der Waals surface area contributed by atoms with Crippen LogP contribution in [0.4, 0.5) is 0 Å². The van der Waals surface area contributed by atoms with E-state index in [1.54, 1.807) is 23.9 Å². The maximum atomic E-state index is 12.2. The molecule has 2 N–H and O–H groups in total. The Morgan fingerprint density at radius 1 is 1.40 bits per heavy atom. The average molecular weight is 277 g/mol. The number of aryl methyl sites for hydroxylation is 1. The quantitative estimate of drug-likeness (QED) is 0.817. The summed E-state index contributed by atoms with van der Waals surface area (Å²) in [4.78, 5) is 23.6. The summed E-state index contributed by atoms with van der Waals surface area (Å²) in [6.45, 7) is 6.40. The number of nitrogens with zero attached hydrogens (tertiary/aromatic N) is 1. The van der Waals surface area contributed by atoms with Crippen molar-refractivity contribution in [2.45, 2.75) is 26.7 Å². The molecule has 5 nitrogen and oxygen atoms in total. The molecule has 0 spiro atoms. The van der Waals surface area contributed by atoms with Crippen LogP contribution in [0.1, 0.15) is 47.5 Å². The van der Waals surface area contributed by atoms with Crippen LogP contribution in [-0.2, 0) is 7.05 Å². The molecule has 0 bridgehead atoms. The maximum Gasteiger partial charge on any atom is 0.267 e. The van der Waals surface area contributed by atoms with Gasteiger partial charge in [-0.2, -0.15) is 0 Å². The number of ketones is 1. The standard InChI is InChI=1S/C15H23N3O2/c1-11(19)12-8-13(18(3)9-12)14(20)17-10-15(2)4-6-16-7-5-15/h8-9,16H,4-7,10H2,1-3H3,(H,17,20). The van der Waals surface area contributed by atoms with Crippen molar-refractivity contribution in [3.8, 4) is 0 Å². The molecule has 0 radical (unpaired) electrons. The van der Waals surface area contributed by atoms with Crippen molar-refractivity contribution in [2.75, 3.05) is 19.6 Å². The summed E-state index contributed by atoms with van der Waals surface area (Å²) >= 11 is 0. The molecule has 20 heavy (non-hydrogen) atoms. The van der Waals surface area contributed by atoms with E-state index in [-0.39, 0.29) is 17.1 Å². The normalized spacial score (nSPS) is 17.8. The first-order valence-corrected chi connectivity index (χ1v) is 7.07. The zero-order valence-corrected chi connectivity index (χ0v) is 12.5. The first-order chi connectivity index (χ1) is 9.41. The van der Waals surface area contributed by atoms with E-state index in [9.17, 15) is 9.59 Å². The lowest BCUT2D eigenvalue weighted by Crippen LogP contribution is -2.43. The minimum absolute atomic E-state index is 0.0232. The summed E-state index contributed by atoms with van der Waals surface area (Å²) in [5.41, 5.74) is 1.27. The number of piperidine rings is 1. The molecule has 0 atom stereocenters. The van der Waals surface area contributed by atoms with Crippen molar-refractivity contribution in [3.05, 3.63) is 23.5 Å². The minimum Gasteiger partial charge on any atom is -0.350 e. The second-order valence-electron chi connectivity index (χ2n) is 6.02. The Morgan fingerprint density at radius 2 is 2.05 bits per heavy atom. The van der Waals surface area contributed by atoms with Crippen LogP contribution in [0.3, 0.4) is 0 Å². The van der Waals surface area contributed by atoms with E-state index in [1.807, 2.05) is 0 Å². The number of carbonyl (C=O) groups excluding carboxylic acids is 2. The predicted octanol–water partition coefficient (Wildman–Crippen LogP) is 1.35.